The largest absolute Gasteiger partial charge is 0.493 e. The summed E-state index contributed by atoms with van der Waals surface area (Å²) in [6.45, 7) is -11.2. The molecule has 132 valence electrons. The van der Waals surface area contributed by atoms with E-state index in [4.69, 9.17) is 29.4 Å². The van der Waals surface area contributed by atoms with E-state index in [-0.39, 0.29) is 5.52 Å². The number of H-pyrrole nitrogens is 1. The molecule has 0 saturated heterocycles. The fourth-order valence-corrected chi connectivity index (χ4v) is 2.47. The van der Waals surface area contributed by atoms with Gasteiger partial charge in [-0.25, -0.2) is 4.98 Å². The van der Waals surface area contributed by atoms with Crippen molar-refractivity contribution in [3.05, 3.63) is 47.7 Å². The first kappa shape index (κ1) is 5.89. The number of pyridine rings is 1. The van der Waals surface area contributed by atoms with E-state index in [2.05, 4.69) is 19.7 Å². The quantitative estimate of drug-likeness (QED) is 0.653. The summed E-state index contributed by atoms with van der Waals surface area (Å²) in [5.74, 6) is -1.09. The topological polar surface area (TPSA) is 77.1 Å². The van der Waals surface area contributed by atoms with Gasteiger partial charge in [0.15, 0.2) is 5.16 Å². The van der Waals surface area contributed by atoms with Crippen LogP contribution in [0, 0.1) is 6.85 Å². The standard InChI is InChI=1S/C18H21N3O3S/c1-13-16(19-9-8-17(13)24-11-5-10-23-2)12-25(22)18-20-14-6-3-4-7-15(14)21-18/h3-4,6-9H,5,10-12H2,1-2H3,(H,20,21)/i1D3,2D3,3D,4D,5D2,6D,7D,10D2,11D2,12D2. The smallest absolute Gasteiger partial charge is 0.197 e. The number of nitrogens with one attached hydrogen (secondary N) is 1. The molecule has 0 radical (unpaired) electrons. The predicted molar refractivity (Wildman–Crippen MR) is 97.2 cm³/mol. The minimum absolute atomic E-state index is 0.324. The molecular weight excluding hydrogens is 338 g/mol. The summed E-state index contributed by atoms with van der Waals surface area (Å²) >= 11 is 0. The van der Waals surface area contributed by atoms with Crippen LogP contribution >= 0.6 is 0 Å². The first-order valence-corrected chi connectivity index (χ1v) is 7.59. The van der Waals surface area contributed by atoms with Crippen LogP contribution in [0.25, 0.3) is 11.0 Å². The Balaban J connectivity index is 2.16. The molecule has 1 unspecified atom stereocenters. The SMILES string of the molecule is [2H]c1c([2H])c([2H])c2[nH]c(S(=O)C([2H])([2H])c3nccc(OC([2H])([2H])C([2H])([2H])C([2H])([2H])OC([2H])([2H])[2H])c3C([2H])([2H])[2H])nc2c1[2H]. The van der Waals surface area contributed by atoms with Gasteiger partial charge in [0, 0.05) is 41.3 Å². The maximum absolute atomic E-state index is 13.4. The number of para-hydroxylation sites is 2. The fourth-order valence-electron chi connectivity index (χ4n) is 1.67. The van der Waals surface area contributed by atoms with Crippen molar-refractivity contribution in [3.8, 4) is 5.75 Å². The number of aromatic amines is 1. The minimum Gasteiger partial charge on any atom is -0.493 e. The molecule has 1 aromatic carbocycles. The second kappa shape index (κ2) is 8.22. The van der Waals surface area contributed by atoms with Crippen LogP contribution in [-0.2, 0) is 21.2 Å². The van der Waals surface area contributed by atoms with E-state index in [0.717, 1.165) is 0 Å². The summed E-state index contributed by atoms with van der Waals surface area (Å²) in [5, 5.41) is -0.738. The molecule has 0 saturated carbocycles. The van der Waals surface area contributed by atoms with Crippen molar-refractivity contribution >= 4 is 21.8 Å². The summed E-state index contributed by atoms with van der Waals surface area (Å²) in [7, 11) is -6.55. The highest BCUT2D eigenvalue weighted by atomic mass is 32.2. The average molecular weight is 378 g/mol. The van der Waals surface area contributed by atoms with Crippen molar-refractivity contribution < 1.29 is 38.4 Å². The summed E-state index contributed by atoms with van der Waals surface area (Å²) in [6, 6.07) is -1.90. The molecule has 0 aliphatic carbocycles. The average Bonchev–Trinajstić information content (AvgIpc) is 3.28. The van der Waals surface area contributed by atoms with Crippen LogP contribution in [0.2, 0.25) is 0 Å². The molecule has 0 spiro atoms. The number of aromatic nitrogens is 3. The summed E-state index contributed by atoms with van der Waals surface area (Å²) in [4.78, 5) is 9.81. The van der Waals surface area contributed by atoms with E-state index in [1.54, 1.807) is 0 Å². The number of nitrogens with zero attached hydrogens (tertiary/aromatic N) is 2. The molecule has 0 fully saturated rings. The lowest BCUT2D eigenvalue weighted by atomic mass is 10.2. The highest BCUT2D eigenvalue weighted by molar-refractivity contribution is 7.84. The number of benzene rings is 1. The van der Waals surface area contributed by atoms with Gasteiger partial charge in [-0.1, -0.05) is 12.1 Å². The maximum atomic E-state index is 13.4. The number of ether oxygens (including phenoxy) is 2. The molecule has 0 amide bonds. The van der Waals surface area contributed by atoms with Gasteiger partial charge >= 0.3 is 0 Å². The first-order valence-electron chi connectivity index (χ1n) is 15.4. The van der Waals surface area contributed by atoms with Crippen molar-refractivity contribution in [3.63, 3.8) is 0 Å². The zero-order valence-electron chi connectivity index (χ0n) is 30.2. The monoisotopic (exact) mass is 377 g/mol. The van der Waals surface area contributed by atoms with Crippen LogP contribution in [0.3, 0.4) is 0 Å². The van der Waals surface area contributed by atoms with Crippen molar-refractivity contribution in [1.82, 2.24) is 15.0 Å². The third-order valence-electron chi connectivity index (χ3n) is 2.70. The van der Waals surface area contributed by atoms with E-state index in [1.165, 1.54) is 0 Å². The van der Waals surface area contributed by atoms with Crippen LogP contribution in [0.15, 0.2) is 41.6 Å². The van der Waals surface area contributed by atoms with Crippen molar-refractivity contribution in [2.45, 2.75) is 24.1 Å². The first-order chi connectivity index (χ1) is 19.2. The normalized spacial score (nSPS) is 26.2. The molecule has 0 aliphatic heterocycles. The summed E-state index contributed by atoms with van der Waals surface area (Å²) in [5.41, 5.74) is -6.35. The van der Waals surface area contributed by atoms with Gasteiger partial charge < -0.3 is 14.5 Å². The van der Waals surface area contributed by atoms with Crippen molar-refractivity contribution in [1.29, 1.82) is 0 Å². The number of rotatable bonds is 8. The molecule has 6 nitrogen and oxygen atoms in total. The van der Waals surface area contributed by atoms with Gasteiger partial charge in [-0.3, -0.25) is 9.19 Å². The number of fused-ring (bicyclic) bond motifs is 1. The van der Waals surface area contributed by atoms with Gasteiger partial charge in [0.25, 0.3) is 0 Å². The van der Waals surface area contributed by atoms with Crippen molar-refractivity contribution in [2.75, 3.05) is 20.2 Å². The predicted octanol–water partition coefficient (Wildman–Crippen LogP) is 2.99. The Hall–Kier alpha value is -2.25. The Labute approximate surface area is 174 Å². The molecule has 0 bridgehead atoms. The van der Waals surface area contributed by atoms with Gasteiger partial charge in [-0.2, -0.15) is 0 Å². The van der Waals surface area contributed by atoms with Crippen LogP contribution in [0.5, 0.6) is 5.75 Å². The third kappa shape index (κ3) is 4.24. The van der Waals surface area contributed by atoms with E-state index < -0.39 is 102 Å². The Morgan fingerprint density at radius 1 is 1.40 bits per heavy atom. The maximum Gasteiger partial charge on any atom is 0.197 e. The zero-order chi connectivity index (χ0) is 33.3. The summed E-state index contributed by atoms with van der Waals surface area (Å²) in [6.07, 6.45) is -3.23. The van der Waals surface area contributed by atoms with Crippen LogP contribution < -0.4 is 4.74 Å². The molecule has 3 rings (SSSR count). The van der Waals surface area contributed by atoms with Crippen LogP contribution in [-0.4, -0.2) is 39.3 Å². The van der Waals surface area contributed by atoms with Gasteiger partial charge in [0.1, 0.15) is 5.75 Å². The number of hydrogen-bond acceptors (Lipinski definition) is 5. The van der Waals surface area contributed by atoms with E-state index in [1.807, 2.05) is 0 Å². The second-order valence-electron chi connectivity index (χ2n) is 4.20. The lowest BCUT2D eigenvalue weighted by Gasteiger charge is -2.11. The Bertz CT molecular complexity index is 1540. The van der Waals surface area contributed by atoms with Crippen LogP contribution in [0.4, 0.5) is 0 Å². The third-order valence-corrected chi connectivity index (χ3v) is 3.63. The van der Waals surface area contributed by atoms with Crippen LogP contribution in [0.1, 0.15) is 42.3 Å². The molecule has 2 heterocycles. The van der Waals surface area contributed by atoms with Gasteiger partial charge in [-0.05, 0) is 25.0 Å². The molecule has 1 N–H and O–H groups in total. The minimum atomic E-state index is -3.94. The number of imidazole rings is 1. The molecule has 7 heteroatoms. The van der Waals surface area contributed by atoms with E-state index >= 15 is 0 Å². The molecule has 0 aliphatic rings. The molecular formula is C18H21N3O3S. The van der Waals surface area contributed by atoms with Gasteiger partial charge in [-0.15, -0.1) is 0 Å². The van der Waals surface area contributed by atoms with Gasteiger partial charge in [0.2, 0.25) is 0 Å². The number of hydrogen-bond donors (Lipinski definition) is 1. The second-order valence-corrected chi connectivity index (χ2v) is 5.33. The summed E-state index contributed by atoms with van der Waals surface area (Å²) < 4.78 is 163. The lowest BCUT2D eigenvalue weighted by molar-refractivity contribution is 0.172. The number of methoxy groups -OCH3 is 1. The molecule has 3 aromatic rings. The zero-order valence-corrected chi connectivity index (χ0v) is 13.0. The lowest BCUT2D eigenvalue weighted by Crippen LogP contribution is -2.06. The molecule has 1 atom stereocenters. The fraction of sp³-hybridized carbons (Fsp3) is 0.333. The highest BCUT2D eigenvalue weighted by Crippen LogP contribution is 2.22. The Morgan fingerprint density at radius 2 is 2.32 bits per heavy atom. The Morgan fingerprint density at radius 3 is 3.20 bits per heavy atom. The molecule has 25 heavy (non-hydrogen) atoms. The van der Waals surface area contributed by atoms with Crippen molar-refractivity contribution in [2.24, 2.45) is 0 Å². The Kier molecular flexibility index (Phi) is 1.94. The van der Waals surface area contributed by atoms with E-state index in [9.17, 15) is 4.21 Å². The van der Waals surface area contributed by atoms with Gasteiger partial charge in [0.05, 0.1) is 54.9 Å². The highest BCUT2D eigenvalue weighted by Gasteiger charge is 2.14. The molecule has 2 aromatic heterocycles. The van der Waals surface area contributed by atoms with E-state index in [0.29, 0.717) is 12.3 Å².